The Morgan fingerprint density at radius 3 is 2.64 bits per heavy atom. The average Bonchev–Trinajstić information content (AvgIpc) is 3.48. The number of hydrogen-bond acceptors (Lipinski definition) is 4. The minimum absolute atomic E-state index is 0.302. The lowest BCUT2D eigenvalue weighted by molar-refractivity contribution is 0.467. The molecule has 7 heteroatoms. The fourth-order valence-corrected chi connectivity index (χ4v) is 6.84. The third-order valence-electron chi connectivity index (χ3n) is 5.79. The molecule has 0 amide bonds. The quantitative estimate of drug-likeness (QED) is 0.613. The number of benzene rings is 1. The summed E-state index contributed by atoms with van der Waals surface area (Å²) in [6.07, 6.45) is 8.02. The number of para-hydroxylation sites is 1. The number of fused-ring (bicyclic) bond motifs is 1. The second-order valence-corrected chi connectivity index (χ2v) is 10.3. The first-order valence-corrected chi connectivity index (χ1v) is 12.2. The number of thiophene rings is 1. The van der Waals surface area contributed by atoms with E-state index in [-0.39, 0.29) is 0 Å². The molecule has 1 fully saturated rings. The number of anilines is 1. The predicted octanol–water partition coefficient (Wildman–Crippen LogP) is 4.87. The van der Waals surface area contributed by atoms with Crippen LogP contribution in [0.1, 0.15) is 43.7 Å². The monoisotopic (exact) mass is 413 g/mol. The molecule has 0 saturated heterocycles. The highest BCUT2D eigenvalue weighted by atomic mass is 32.2. The molecule has 1 saturated carbocycles. The van der Waals surface area contributed by atoms with Crippen molar-refractivity contribution in [2.24, 2.45) is 0 Å². The van der Waals surface area contributed by atoms with Gasteiger partial charge in [-0.15, -0.1) is 11.3 Å². The molecule has 1 aliphatic carbocycles. The van der Waals surface area contributed by atoms with Crippen LogP contribution in [0, 0.1) is 0 Å². The van der Waals surface area contributed by atoms with Gasteiger partial charge in [0.1, 0.15) is 10.6 Å². The zero-order valence-electron chi connectivity index (χ0n) is 15.6. The summed E-state index contributed by atoms with van der Waals surface area (Å²) in [6, 6.07) is 12.0. The van der Waals surface area contributed by atoms with Gasteiger partial charge < -0.3 is 0 Å². The molecule has 5 rings (SSSR count). The molecule has 28 heavy (non-hydrogen) atoms. The first-order valence-electron chi connectivity index (χ1n) is 9.88. The van der Waals surface area contributed by atoms with Crippen LogP contribution in [-0.4, -0.2) is 24.7 Å². The summed E-state index contributed by atoms with van der Waals surface area (Å²) in [5, 5.41) is 6.74. The van der Waals surface area contributed by atoms with Crippen molar-refractivity contribution in [2.45, 2.75) is 49.5 Å². The van der Waals surface area contributed by atoms with Crippen molar-refractivity contribution < 1.29 is 8.42 Å². The highest BCUT2D eigenvalue weighted by Crippen LogP contribution is 2.38. The maximum absolute atomic E-state index is 13.8. The van der Waals surface area contributed by atoms with Crippen LogP contribution in [0.25, 0.3) is 10.6 Å². The molecular weight excluding hydrogens is 390 g/mol. The standard InChI is InChI=1S/C21H23N3O2S2/c25-28(26,24-13-5-8-16-7-1-4-11-18(16)24)20-15-23(17-9-2-3-10-17)22-21(20)19-12-6-14-27-19/h1,4,6-7,11-12,14-15,17H,2-3,5,8-10,13H2. The van der Waals surface area contributed by atoms with Gasteiger partial charge in [0.25, 0.3) is 10.0 Å². The lowest BCUT2D eigenvalue weighted by Crippen LogP contribution is -2.35. The Hall–Kier alpha value is -2.12. The molecule has 3 aromatic rings. The number of aromatic nitrogens is 2. The fourth-order valence-electron chi connectivity index (χ4n) is 4.37. The van der Waals surface area contributed by atoms with E-state index >= 15 is 0 Å². The number of hydrogen-bond donors (Lipinski definition) is 0. The normalized spacial score (nSPS) is 17.8. The van der Waals surface area contributed by atoms with Crippen LogP contribution in [0.2, 0.25) is 0 Å². The smallest absolute Gasteiger partial charge is 0.268 e. The highest BCUT2D eigenvalue weighted by molar-refractivity contribution is 7.93. The van der Waals surface area contributed by atoms with Crippen molar-refractivity contribution in [3.8, 4) is 10.6 Å². The molecule has 0 radical (unpaired) electrons. The molecule has 0 spiro atoms. The first kappa shape index (κ1) is 17.9. The van der Waals surface area contributed by atoms with Gasteiger partial charge in [0.2, 0.25) is 0 Å². The molecule has 2 aliphatic rings. The van der Waals surface area contributed by atoms with Crippen LogP contribution < -0.4 is 4.31 Å². The van der Waals surface area contributed by atoms with E-state index in [4.69, 9.17) is 5.10 Å². The second-order valence-electron chi connectivity index (χ2n) is 7.55. The van der Waals surface area contributed by atoms with Gasteiger partial charge in [-0.25, -0.2) is 8.42 Å². The van der Waals surface area contributed by atoms with Crippen LogP contribution in [0.3, 0.4) is 0 Å². The second kappa shape index (κ2) is 7.04. The number of nitrogens with zero attached hydrogens (tertiary/aromatic N) is 3. The SMILES string of the molecule is O=S(=O)(c1cn(C2CCCC2)nc1-c1cccs1)N1CCCc2ccccc21. The van der Waals surface area contributed by atoms with Gasteiger partial charge in [-0.05, 0) is 48.8 Å². The summed E-state index contributed by atoms with van der Waals surface area (Å²) in [5.41, 5.74) is 2.49. The van der Waals surface area contributed by atoms with Crippen LogP contribution in [0.4, 0.5) is 5.69 Å². The van der Waals surface area contributed by atoms with E-state index in [1.807, 2.05) is 46.5 Å². The van der Waals surface area contributed by atoms with Crippen LogP contribution in [0.15, 0.2) is 52.9 Å². The molecule has 5 nitrogen and oxygen atoms in total. The van der Waals surface area contributed by atoms with E-state index in [2.05, 4.69) is 0 Å². The van der Waals surface area contributed by atoms with Crippen molar-refractivity contribution in [3.63, 3.8) is 0 Å². The van der Waals surface area contributed by atoms with Gasteiger partial charge in [0.15, 0.2) is 0 Å². The molecule has 2 aromatic heterocycles. The predicted molar refractivity (Wildman–Crippen MR) is 112 cm³/mol. The van der Waals surface area contributed by atoms with Gasteiger partial charge in [-0.1, -0.05) is 37.1 Å². The van der Waals surface area contributed by atoms with Crippen LogP contribution in [-0.2, 0) is 16.4 Å². The van der Waals surface area contributed by atoms with E-state index in [1.165, 1.54) is 24.2 Å². The molecule has 0 bridgehead atoms. The minimum Gasteiger partial charge on any atom is -0.268 e. The topological polar surface area (TPSA) is 55.2 Å². The van der Waals surface area contributed by atoms with Gasteiger partial charge in [-0.2, -0.15) is 5.10 Å². The van der Waals surface area contributed by atoms with E-state index in [0.29, 0.717) is 23.2 Å². The molecular formula is C21H23N3O2S2. The van der Waals surface area contributed by atoms with Crippen molar-refractivity contribution in [1.82, 2.24) is 9.78 Å². The Kier molecular flexibility index (Phi) is 4.51. The maximum Gasteiger partial charge on any atom is 0.268 e. The third-order valence-corrected chi connectivity index (χ3v) is 8.48. The van der Waals surface area contributed by atoms with E-state index in [9.17, 15) is 8.42 Å². The largest absolute Gasteiger partial charge is 0.268 e. The van der Waals surface area contributed by atoms with E-state index in [0.717, 1.165) is 41.8 Å². The minimum atomic E-state index is -3.68. The summed E-state index contributed by atoms with van der Waals surface area (Å²) in [7, 11) is -3.68. The summed E-state index contributed by atoms with van der Waals surface area (Å²) >= 11 is 1.54. The molecule has 1 aliphatic heterocycles. The number of rotatable bonds is 4. The Balaban J connectivity index is 1.64. The number of aryl methyl sites for hydroxylation is 1. The average molecular weight is 414 g/mol. The first-order chi connectivity index (χ1) is 13.6. The summed E-state index contributed by atoms with van der Waals surface area (Å²) in [5.74, 6) is 0. The summed E-state index contributed by atoms with van der Waals surface area (Å²) in [4.78, 5) is 1.24. The molecule has 1 aromatic carbocycles. The van der Waals surface area contributed by atoms with E-state index in [1.54, 1.807) is 10.5 Å². The lowest BCUT2D eigenvalue weighted by Gasteiger charge is -2.30. The van der Waals surface area contributed by atoms with Crippen molar-refractivity contribution in [1.29, 1.82) is 0 Å². The highest BCUT2D eigenvalue weighted by Gasteiger charge is 2.34. The molecule has 0 N–H and O–H groups in total. The molecule has 0 unspecified atom stereocenters. The van der Waals surface area contributed by atoms with Crippen molar-refractivity contribution in [3.05, 3.63) is 53.5 Å². The Morgan fingerprint density at radius 2 is 1.86 bits per heavy atom. The molecule has 146 valence electrons. The van der Waals surface area contributed by atoms with Crippen LogP contribution >= 0.6 is 11.3 Å². The van der Waals surface area contributed by atoms with Crippen molar-refractivity contribution in [2.75, 3.05) is 10.8 Å². The zero-order valence-corrected chi connectivity index (χ0v) is 17.3. The maximum atomic E-state index is 13.8. The molecule has 0 atom stereocenters. The Morgan fingerprint density at radius 1 is 1.04 bits per heavy atom. The summed E-state index contributed by atoms with van der Waals surface area (Å²) < 4.78 is 31.0. The summed E-state index contributed by atoms with van der Waals surface area (Å²) in [6.45, 7) is 0.512. The van der Waals surface area contributed by atoms with Gasteiger partial charge in [0, 0.05) is 12.7 Å². The van der Waals surface area contributed by atoms with Gasteiger partial charge in [-0.3, -0.25) is 8.99 Å². The lowest BCUT2D eigenvalue weighted by atomic mass is 10.0. The Bertz CT molecular complexity index is 1080. The Labute approximate surface area is 169 Å². The van der Waals surface area contributed by atoms with Crippen molar-refractivity contribution >= 4 is 27.0 Å². The zero-order chi connectivity index (χ0) is 19.1. The molecule has 3 heterocycles. The number of sulfonamides is 1. The third kappa shape index (κ3) is 2.97. The van der Waals surface area contributed by atoms with Gasteiger partial charge >= 0.3 is 0 Å². The van der Waals surface area contributed by atoms with Gasteiger partial charge in [0.05, 0.1) is 16.6 Å². The van der Waals surface area contributed by atoms with E-state index < -0.39 is 10.0 Å². The fraction of sp³-hybridized carbons (Fsp3) is 0.381. The van der Waals surface area contributed by atoms with Crippen LogP contribution in [0.5, 0.6) is 0 Å².